The van der Waals surface area contributed by atoms with Crippen LogP contribution in [0.15, 0.2) is 18.2 Å². The lowest BCUT2D eigenvalue weighted by atomic mass is 10.0. The molecule has 2 rings (SSSR count). The van der Waals surface area contributed by atoms with Crippen molar-refractivity contribution in [2.45, 2.75) is 25.8 Å². The van der Waals surface area contributed by atoms with Gasteiger partial charge in [0.05, 0.1) is 20.8 Å². The van der Waals surface area contributed by atoms with Crippen molar-refractivity contribution in [1.82, 2.24) is 5.32 Å². The van der Waals surface area contributed by atoms with Crippen LogP contribution in [-0.4, -0.2) is 34.0 Å². The van der Waals surface area contributed by atoms with Crippen LogP contribution < -0.4 is 14.8 Å². The van der Waals surface area contributed by atoms with Gasteiger partial charge >= 0.3 is 0 Å². The summed E-state index contributed by atoms with van der Waals surface area (Å²) in [6.07, 6.45) is 2.43. The third kappa shape index (κ3) is 3.87. The molecule has 1 aliphatic heterocycles. The molecule has 0 aromatic heterocycles. The van der Waals surface area contributed by atoms with Crippen LogP contribution in [0.1, 0.15) is 31.4 Å². The summed E-state index contributed by atoms with van der Waals surface area (Å²) in [7, 11) is 3.32. The number of methoxy groups -OCH3 is 2. The highest BCUT2D eigenvalue weighted by atomic mass is 16.5. The van der Waals surface area contributed by atoms with Gasteiger partial charge in [-0.2, -0.15) is 0 Å². The Bertz CT molecular complexity index is 416. The predicted molar refractivity (Wildman–Crippen MR) is 79.5 cm³/mol. The van der Waals surface area contributed by atoms with E-state index < -0.39 is 0 Å². The van der Waals surface area contributed by atoms with Gasteiger partial charge in [-0.05, 0) is 43.4 Å². The molecule has 112 valence electrons. The SMILES string of the molecule is COc1ccc(C(C)NCC2CCCOC2)cc1OC. The van der Waals surface area contributed by atoms with Crippen molar-refractivity contribution < 1.29 is 14.2 Å². The van der Waals surface area contributed by atoms with Crippen LogP contribution in [0.25, 0.3) is 0 Å². The van der Waals surface area contributed by atoms with Crippen molar-refractivity contribution in [2.75, 3.05) is 34.0 Å². The maximum atomic E-state index is 5.51. The molecule has 0 bridgehead atoms. The molecular weight excluding hydrogens is 254 g/mol. The van der Waals surface area contributed by atoms with Gasteiger partial charge in [0.25, 0.3) is 0 Å². The Hall–Kier alpha value is -1.26. The zero-order valence-electron chi connectivity index (χ0n) is 12.6. The van der Waals surface area contributed by atoms with Crippen LogP contribution in [0.2, 0.25) is 0 Å². The number of hydrogen-bond acceptors (Lipinski definition) is 4. The first kappa shape index (κ1) is 15.1. The molecule has 1 aromatic carbocycles. The predicted octanol–water partition coefficient (Wildman–Crippen LogP) is 2.78. The van der Waals surface area contributed by atoms with E-state index in [9.17, 15) is 0 Å². The fourth-order valence-corrected chi connectivity index (χ4v) is 2.55. The summed E-state index contributed by atoms with van der Waals surface area (Å²) in [6, 6.07) is 6.36. The van der Waals surface area contributed by atoms with Crippen LogP contribution in [0.4, 0.5) is 0 Å². The fourth-order valence-electron chi connectivity index (χ4n) is 2.55. The van der Waals surface area contributed by atoms with Crippen LogP contribution >= 0.6 is 0 Å². The zero-order chi connectivity index (χ0) is 14.4. The Kier molecular flexibility index (Phi) is 5.68. The Morgan fingerprint density at radius 1 is 1.30 bits per heavy atom. The Labute approximate surface area is 121 Å². The van der Waals surface area contributed by atoms with Crippen molar-refractivity contribution in [3.05, 3.63) is 23.8 Å². The first-order chi connectivity index (χ1) is 9.74. The van der Waals surface area contributed by atoms with E-state index in [4.69, 9.17) is 14.2 Å². The lowest BCUT2D eigenvalue weighted by Gasteiger charge is -2.24. The van der Waals surface area contributed by atoms with E-state index in [0.717, 1.165) is 31.3 Å². The van der Waals surface area contributed by atoms with Crippen LogP contribution in [0.5, 0.6) is 11.5 Å². The average Bonchev–Trinajstić information content (AvgIpc) is 2.52. The van der Waals surface area contributed by atoms with Crippen molar-refractivity contribution in [3.8, 4) is 11.5 Å². The highest BCUT2D eigenvalue weighted by Gasteiger charge is 2.16. The van der Waals surface area contributed by atoms with Gasteiger partial charge in [0.2, 0.25) is 0 Å². The highest BCUT2D eigenvalue weighted by molar-refractivity contribution is 5.43. The fraction of sp³-hybridized carbons (Fsp3) is 0.625. The minimum Gasteiger partial charge on any atom is -0.493 e. The van der Waals surface area contributed by atoms with E-state index in [0.29, 0.717) is 5.92 Å². The first-order valence-electron chi connectivity index (χ1n) is 7.27. The molecule has 4 nitrogen and oxygen atoms in total. The maximum absolute atomic E-state index is 5.51. The Morgan fingerprint density at radius 2 is 2.10 bits per heavy atom. The molecule has 2 unspecified atom stereocenters. The largest absolute Gasteiger partial charge is 0.493 e. The minimum atomic E-state index is 0.289. The van der Waals surface area contributed by atoms with Crippen molar-refractivity contribution in [1.29, 1.82) is 0 Å². The van der Waals surface area contributed by atoms with Crippen molar-refractivity contribution in [2.24, 2.45) is 5.92 Å². The van der Waals surface area contributed by atoms with Crippen LogP contribution in [-0.2, 0) is 4.74 Å². The van der Waals surface area contributed by atoms with E-state index in [1.165, 1.54) is 18.4 Å². The summed E-state index contributed by atoms with van der Waals surface area (Å²) in [5.74, 6) is 2.18. The third-order valence-corrected chi connectivity index (χ3v) is 3.87. The quantitative estimate of drug-likeness (QED) is 0.869. The van der Waals surface area contributed by atoms with Crippen molar-refractivity contribution in [3.63, 3.8) is 0 Å². The van der Waals surface area contributed by atoms with Gasteiger partial charge in [-0.3, -0.25) is 0 Å². The monoisotopic (exact) mass is 279 g/mol. The summed E-state index contributed by atoms with van der Waals surface area (Å²) in [5.41, 5.74) is 1.21. The molecule has 0 spiro atoms. The highest BCUT2D eigenvalue weighted by Crippen LogP contribution is 2.30. The molecule has 1 aliphatic rings. The topological polar surface area (TPSA) is 39.7 Å². The van der Waals surface area contributed by atoms with E-state index in [-0.39, 0.29) is 6.04 Å². The standard InChI is InChI=1S/C16H25NO3/c1-12(17-10-13-5-4-8-20-11-13)14-6-7-15(18-2)16(9-14)19-3/h6-7,9,12-13,17H,4-5,8,10-11H2,1-3H3. The molecule has 1 aromatic rings. The summed E-state index contributed by atoms with van der Waals surface area (Å²) in [4.78, 5) is 0. The molecule has 0 saturated carbocycles. The van der Waals surface area contributed by atoms with Gasteiger partial charge in [-0.25, -0.2) is 0 Å². The van der Waals surface area contributed by atoms with Gasteiger partial charge in [-0.15, -0.1) is 0 Å². The summed E-state index contributed by atoms with van der Waals surface area (Å²) in [5, 5.41) is 3.58. The minimum absolute atomic E-state index is 0.289. The number of benzene rings is 1. The number of rotatable bonds is 6. The van der Waals surface area contributed by atoms with E-state index >= 15 is 0 Å². The van der Waals surface area contributed by atoms with E-state index in [1.54, 1.807) is 14.2 Å². The molecule has 0 aliphatic carbocycles. The molecule has 1 saturated heterocycles. The normalized spacial score (nSPS) is 20.4. The molecule has 4 heteroatoms. The lowest BCUT2D eigenvalue weighted by Crippen LogP contribution is -2.30. The van der Waals surface area contributed by atoms with E-state index in [2.05, 4.69) is 18.3 Å². The molecule has 1 heterocycles. The molecule has 1 fully saturated rings. The molecule has 20 heavy (non-hydrogen) atoms. The van der Waals surface area contributed by atoms with Gasteiger partial charge < -0.3 is 19.5 Å². The molecular formula is C16H25NO3. The number of hydrogen-bond donors (Lipinski definition) is 1. The molecule has 2 atom stereocenters. The van der Waals surface area contributed by atoms with Crippen LogP contribution in [0, 0.1) is 5.92 Å². The summed E-state index contributed by atoms with van der Waals surface area (Å²) < 4.78 is 16.1. The second-order valence-corrected chi connectivity index (χ2v) is 5.33. The zero-order valence-corrected chi connectivity index (χ0v) is 12.6. The second kappa shape index (κ2) is 7.50. The number of nitrogens with one attached hydrogen (secondary N) is 1. The molecule has 0 amide bonds. The third-order valence-electron chi connectivity index (χ3n) is 3.87. The second-order valence-electron chi connectivity index (χ2n) is 5.33. The first-order valence-corrected chi connectivity index (χ1v) is 7.27. The Morgan fingerprint density at radius 3 is 2.75 bits per heavy atom. The smallest absolute Gasteiger partial charge is 0.161 e. The molecule has 1 N–H and O–H groups in total. The summed E-state index contributed by atoms with van der Waals surface area (Å²) >= 11 is 0. The van der Waals surface area contributed by atoms with Gasteiger partial charge in [0, 0.05) is 19.2 Å². The average molecular weight is 279 g/mol. The summed E-state index contributed by atoms with van der Waals surface area (Å²) in [6.45, 7) is 4.97. The molecule has 0 radical (unpaired) electrons. The maximum Gasteiger partial charge on any atom is 0.161 e. The number of ether oxygens (including phenoxy) is 3. The van der Waals surface area contributed by atoms with Crippen molar-refractivity contribution >= 4 is 0 Å². The van der Waals surface area contributed by atoms with Gasteiger partial charge in [0.1, 0.15) is 0 Å². The van der Waals surface area contributed by atoms with Crippen LogP contribution in [0.3, 0.4) is 0 Å². The van der Waals surface area contributed by atoms with Gasteiger partial charge in [-0.1, -0.05) is 6.07 Å². The van der Waals surface area contributed by atoms with Gasteiger partial charge in [0.15, 0.2) is 11.5 Å². The van der Waals surface area contributed by atoms with E-state index in [1.807, 2.05) is 12.1 Å². The Balaban J connectivity index is 1.92. The lowest BCUT2D eigenvalue weighted by molar-refractivity contribution is 0.0540.